The van der Waals surface area contributed by atoms with Gasteiger partial charge in [-0.05, 0) is 30.7 Å². The second-order valence-corrected chi connectivity index (χ2v) is 5.99. The summed E-state index contributed by atoms with van der Waals surface area (Å²) in [5.74, 6) is 1.22. The first-order chi connectivity index (χ1) is 11.9. The van der Waals surface area contributed by atoms with E-state index < -0.39 is 4.92 Å². The Morgan fingerprint density at radius 2 is 1.84 bits per heavy atom. The fourth-order valence-electron chi connectivity index (χ4n) is 2.58. The molecule has 3 rings (SSSR count). The van der Waals surface area contributed by atoms with Gasteiger partial charge in [0.15, 0.2) is 0 Å². The zero-order chi connectivity index (χ0) is 18.0. The number of rotatable bonds is 5. The molecule has 0 aliphatic heterocycles. The molecular formula is C18H19N5O2. The number of anilines is 2. The lowest BCUT2D eigenvalue weighted by Gasteiger charge is -2.13. The van der Waals surface area contributed by atoms with Crippen molar-refractivity contribution in [3.63, 3.8) is 0 Å². The topological polar surface area (TPSA) is 84.2 Å². The van der Waals surface area contributed by atoms with E-state index in [4.69, 9.17) is 0 Å². The van der Waals surface area contributed by atoms with Crippen molar-refractivity contribution in [1.29, 1.82) is 0 Å². The third-order valence-electron chi connectivity index (χ3n) is 3.91. The van der Waals surface area contributed by atoms with E-state index in [1.54, 1.807) is 13.0 Å². The maximum absolute atomic E-state index is 11.0. The Bertz CT molecular complexity index is 923. The number of non-ortho nitro benzene ring substituents is 1. The van der Waals surface area contributed by atoms with Gasteiger partial charge in [-0.25, -0.2) is 9.97 Å². The maximum atomic E-state index is 11.0. The van der Waals surface area contributed by atoms with Crippen LogP contribution in [0, 0.1) is 17.0 Å². The van der Waals surface area contributed by atoms with Crippen molar-refractivity contribution in [1.82, 2.24) is 9.97 Å². The van der Waals surface area contributed by atoms with Crippen LogP contribution in [-0.2, 0) is 6.54 Å². The number of nitrogens with zero attached hydrogens (tertiary/aromatic N) is 4. The molecule has 1 heterocycles. The van der Waals surface area contributed by atoms with Crippen LogP contribution in [0.1, 0.15) is 11.4 Å². The zero-order valence-corrected chi connectivity index (χ0v) is 14.4. The summed E-state index contributed by atoms with van der Waals surface area (Å²) in [7, 11) is 3.99. The minimum absolute atomic E-state index is 0.0262. The van der Waals surface area contributed by atoms with Crippen molar-refractivity contribution in [2.45, 2.75) is 13.5 Å². The van der Waals surface area contributed by atoms with Crippen LogP contribution in [0.3, 0.4) is 0 Å². The average molecular weight is 337 g/mol. The van der Waals surface area contributed by atoms with Gasteiger partial charge in [0.05, 0.1) is 10.4 Å². The third-order valence-corrected chi connectivity index (χ3v) is 3.91. The van der Waals surface area contributed by atoms with Crippen molar-refractivity contribution in [2.24, 2.45) is 0 Å². The van der Waals surface area contributed by atoms with Gasteiger partial charge in [0.25, 0.3) is 5.69 Å². The molecule has 0 amide bonds. The largest absolute Gasteiger partial charge is 0.378 e. The van der Waals surface area contributed by atoms with Crippen LogP contribution in [-0.4, -0.2) is 29.0 Å². The molecule has 0 aliphatic rings. The normalized spacial score (nSPS) is 10.7. The molecular weight excluding hydrogens is 318 g/mol. The Balaban J connectivity index is 1.89. The lowest BCUT2D eigenvalue weighted by atomic mass is 10.2. The molecule has 1 aromatic heterocycles. The second-order valence-electron chi connectivity index (χ2n) is 5.99. The molecule has 0 saturated heterocycles. The van der Waals surface area contributed by atoms with Crippen LogP contribution in [0.2, 0.25) is 0 Å². The molecule has 25 heavy (non-hydrogen) atoms. The predicted octanol–water partition coefficient (Wildman–Crippen LogP) is 3.52. The number of hydrogen-bond donors (Lipinski definition) is 1. The first-order valence-electron chi connectivity index (χ1n) is 7.87. The van der Waals surface area contributed by atoms with Gasteiger partial charge >= 0.3 is 0 Å². The number of nitrogens with one attached hydrogen (secondary N) is 1. The van der Waals surface area contributed by atoms with Crippen LogP contribution in [0.5, 0.6) is 0 Å². The number of aromatic nitrogens is 2. The monoisotopic (exact) mass is 337 g/mol. The molecule has 0 aliphatic carbocycles. The molecule has 2 aromatic carbocycles. The van der Waals surface area contributed by atoms with Crippen LogP contribution in [0.15, 0.2) is 42.5 Å². The highest BCUT2D eigenvalue weighted by Crippen LogP contribution is 2.25. The predicted molar refractivity (Wildman–Crippen MR) is 99.0 cm³/mol. The highest BCUT2D eigenvalue weighted by atomic mass is 16.6. The Kier molecular flexibility index (Phi) is 4.47. The quantitative estimate of drug-likeness (QED) is 0.566. The van der Waals surface area contributed by atoms with Gasteiger partial charge in [-0.3, -0.25) is 10.1 Å². The molecule has 0 fully saturated rings. The third kappa shape index (κ3) is 3.65. The van der Waals surface area contributed by atoms with E-state index in [1.807, 2.05) is 43.3 Å². The Hall–Kier alpha value is -3.22. The molecule has 128 valence electrons. The molecule has 0 unspecified atom stereocenters. The fourth-order valence-corrected chi connectivity index (χ4v) is 2.58. The fraction of sp³-hybridized carbons (Fsp3) is 0.222. The summed E-state index contributed by atoms with van der Waals surface area (Å²) in [6.07, 6.45) is 0. The highest BCUT2D eigenvalue weighted by molar-refractivity contribution is 5.90. The summed E-state index contributed by atoms with van der Waals surface area (Å²) in [4.78, 5) is 21.4. The van der Waals surface area contributed by atoms with Gasteiger partial charge < -0.3 is 10.2 Å². The average Bonchev–Trinajstić information content (AvgIpc) is 2.59. The Labute approximate surface area is 145 Å². The second kappa shape index (κ2) is 6.72. The van der Waals surface area contributed by atoms with E-state index in [0.717, 1.165) is 11.3 Å². The summed E-state index contributed by atoms with van der Waals surface area (Å²) >= 11 is 0. The van der Waals surface area contributed by atoms with Gasteiger partial charge in [-0.2, -0.15) is 0 Å². The molecule has 3 aromatic rings. The number of benzene rings is 2. The van der Waals surface area contributed by atoms with Gasteiger partial charge in [0.1, 0.15) is 11.6 Å². The molecule has 0 spiro atoms. The van der Waals surface area contributed by atoms with E-state index in [9.17, 15) is 10.1 Å². The van der Waals surface area contributed by atoms with E-state index in [2.05, 4.69) is 15.3 Å². The van der Waals surface area contributed by atoms with Gasteiger partial charge in [-0.15, -0.1) is 0 Å². The smallest absolute Gasteiger partial charge is 0.270 e. The minimum Gasteiger partial charge on any atom is -0.378 e. The molecule has 0 saturated carbocycles. The first kappa shape index (κ1) is 16.6. The van der Waals surface area contributed by atoms with E-state index in [0.29, 0.717) is 29.1 Å². The van der Waals surface area contributed by atoms with Gasteiger partial charge in [0.2, 0.25) is 0 Å². The summed E-state index contributed by atoms with van der Waals surface area (Å²) < 4.78 is 0. The number of hydrogen-bond acceptors (Lipinski definition) is 6. The van der Waals surface area contributed by atoms with Crippen LogP contribution < -0.4 is 10.2 Å². The SMILES string of the molecule is Cc1nc(NCc2ccc(N(C)C)cc2)c2cc([N+](=O)[O-])ccc2n1. The summed E-state index contributed by atoms with van der Waals surface area (Å²) in [6, 6.07) is 12.8. The van der Waals surface area contributed by atoms with Crippen molar-refractivity contribution >= 4 is 28.1 Å². The van der Waals surface area contributed by atoms with Crippen molar-refractivity contribution in [2.75, 3.05) is 24.3 Å². The maximum Gasteiger partial charge on any atom is 0.270 e. The number of nitro groups is 1. The Morgan fingerprint density at radius 1 is 1.12 bits per heavy atom. The lowest BCUT2D eigenvalue weighted by Crippen LogP contribution is -2.09. The first-order valence-corrected chi connectivity index (χ1v) is 7.87. The lowest BCUT2D eigenvalue weighted by molar-refractivity contribution is -0.384. The van der Waals surface area contributed by atoms with Crippen molar-refractivity contribution in [3.8, 4) is 0 Å². The molecule has 7 nitrogen and oxygen atoms in total. The molecule has 0 bridgehead atoms. The highest BCUT2D eigenvalue weighted by Gasteiger charge is 2.12. The summed E-state index contributed by atoms with van der Waals surface area (Å²) in [5.41, 5.74) is 2.94. The van der Waals surface area contributed by atoms with E-state index in [1.165, 1.54) is 12.1 Å². The van der Waals surface area contributed by atoms with E-state index in [-0.39, 0.29) is 5.69 Å². The van der Waals surface area contributed by atoms with Crippen LogP contribution in [0.4, 0.5) is 17.2 Å². The molecule has 0 atom stereocenters. The Morgan fingerprint density at radius 3 is 2.48 bits per heavy atom. The summed E-state index contributed by atoms with van der Waals surface area (Å²) in [6.45, 7) is 2.37. The molecule has 0 radical (unpaired) electrons. The standard InChI is InChI=1S/C18H19N5O2/c1-12-20-17-9-8-15(23(24)25)10-16(17)18(21-12)19-11-13-4-6-14(7-5-13)22(2)3/h4-10H,11H2,1-3H3,(H,19,20,21). The van der Waals surface area contributed by atoms with Gasteiger partial charge in [-0.1, -0.05) is 12.1 Å². The summed E-state index contributed by atoms with van der Waals surface area (Å²) in [5, 5.41) is 14.9. The number of nitro benzene ring substituents is 1. The van der Waals surface area contributed by atoms with Gasteiger partial charge in [0, 0.05) is 43.8 Å². The van der Waals surface area contributed by atoms with Crippen molar-refractivity contribution < 1.29 is 4.92 Å². The number of fused-ring (bicyclic) bond motifs is 1. The molecule has 7 heteroatoms. The van der Waals surface area contributed by atoms with E-state index >= 15 is 0 Å². The van der Waals surface area contributed by atoms with Crippen molar-refractivity contribution in [3.05, 3.63) is 64.0 Å². The van der Waals surface area contributed by atoms with Crippen LogP contribution >= 0.6 is 0 Å². The minimum atomic E-state index is -0.414. The zero-order valence-electron chi connectivity index (χ0n) is 14.4. The van der Waals surface area contributed by atoms with Crippen LogP contribution in [0.25, 0.3) is 10.9 Å². The number of aryl methyl sites for hydroxylation is 1. The molecule has 1 N–H and O–H groups in total.